The van der Waals surface area contributed by atoms with E-state index < -0.39 is 0 Å². The lowest BCUT2D eigenvalue weighted by molar-refractivity contribution is -0.140. The van der Waals surface area contributed by atoms with Gasteiger partial charge in [0.15, 0.2) is 11.5 Å². The first-order valence-electron chi connectivity index (χ1n) is 11.5. The molecule has 1 saturated carbocycles. The van der Waals surface area contributed by atoms with Gasteiger partial charge in [-0.3, -0.25) is 9.59 Å². The number of rotatable bonds is 11. The maximum atomic E-state index is 12.5. The molecule has 0 bridgehead atoms. The summed E-state index contributed by atoms with van der Waals surface area (Å²) in [6.45, 7) is 4.72. The molecule has 0 heterocycles. The lowest BCUT2D eigenvalue weighted by atomic mass is 9.86. The van der Waals surface area contributed by atoms with Gasteiger partial charge in [-0.2, -0.15) is 0 Å². The van der Waals surface area contributed by atoms with E-state index in [1.54, 1.807) is 19.2 Å². The van der Waals surface area contributed by atoms with Crippen LogP contribution in [0, 0.1) is 11.8 Å². The zero-order valence-corrected chi connectivity index (χ0v) is 19.2. The lowest BCUT2D eigenvalue weighted by Gasteiger charge is -2.24. The highest BCUT2D eigenvalue weighted by atomic mass is 16.6. The molecule has 6 nitrogen and oxygen atoms in total. The van der Waals surface area contributed by atoms with Gasteiger partial charge in [-0.1, -0.05) is 32.1 Å². The molecule has 6 heteroatoms. The highest BCUT2D eigenvalue weighted by Crippen LogP contribution is 2.31. The van der Waals surface area contributed by atoms with E-state index >= 15 is 0 Å². The number of carbonyl (C=O) groups excluding carboxylic acids is 2. The van der Waals surface area contributed by atoms with Gasteiger partial charge in [0.05, 0.1) is 13.0 Å². The molecule has 0 saturated heterocycles. The zero-order valence-electron chi connectivity index (χ0n) is 19.2. The number of ether oxygens (including phenoxy) is 2. The van der Waals surface area contributed by atoms with Gasteiger partial charge in [0.2, 0.25) is 5.91 Å². The van der Waals surface area contributed by atoms with Gasteiger partial charge in [0, 0.05) is 19.0 Å². The van der Waals surface area contributed by atoms with Crippen molar-refractivity contribution in [3.8, 4) is 11.5 Å². The van der Waals surface area contributed by atoms with Gasteiger partial charge in [-0.05, 0) is 68.6 Å². The second-order valence-corrected chi connectivity index (χ2v) is 8.71. The minimum absolute atomic E-state index is 0.0396. The van der Waals surface area contributed by atoms with Crippen molar-refractivity contribution in [2.45, 2.75) is 77.8 Å². The summed E-state index contributed by atoms with van der Waals surface area (Å²) >= 11 is 0. The van der Waals surface area contributed by atoms with Crippen LogP contribution in [-0.2, 0) is 16.1 Å². The molecule has 1 amide bonds. The van der Waals surface area contributed by atoms with Gasteiger partial charge < -0.3 is 20.5 Å². The minimum Gasteiger partial charge on any atom is -0.493 e. The molecule has 1 aliphatic rings. The molecule has 3 N–H and O–H groups in total. The van der Waals surface area contributed by atoms with Crippen molar-refractivity contribution in [3.63, 3.8) is 0 Å². The van der Waals surface area contributed by atoms with E-state index in [2.05, 4.69) is 31.3 Å². The largest absolute Gasteiger partial charge is 0.493 e. The summed E-state index contributed by atoms with van der Waals surface area (Å²) < 4.78 is 11.0. The molecular weight excluding hydrogens is 392 g/mol. The van der Waals surface area contributed by atoms with Crippen molar-refractivity contribution >= 4 is 11.9 Å². The first kappa shape index (κ1) is 24.9. The van der Waals surface area contributed by atoms with Crippen molar-refractivity contribution in [1.82, 2.24) is 5.32 Å². The number of nitrogens with one attached hydrogen (secondary N) is 1. The Kier molecular flexibility index (Phi) is 10.6. The molecule has 0 atom stereocenters. The molecule has 0 spiro atoms. The number of carbonyl (C=O) groups is 2. The molecule has 1 aromatic rings. The fraction of sp³-hybridized carbons (Fsp3) is 0.600. The second kappa shape index (κ2) is 13.2. The van der Waals surface area contributed by atoms with Crippen molar-refractivity contribution in [2.75, 3.05) is 7.11 Å². The van der Waals surface area contributed by atoms with Crippen LogP contribution in [0.15, 0.2) is 30.4 Å². The number of methoxy groups -OCH3 is 1. The second-order valence-electron chi connectivity index (χ2n) is 8.71. The van der Waals surface area contributed by atoms with Gasteiger partial charge in [0.25, 0.3) is 0 Å². The Bertz CT molecular complexity index is 737. The van der Waals surface area contributed by atoms with Crippen molar-refractivity contribution in [2.24, 2.45) is 17.6 Å². The van der Waals surface area contributed by atoms with Crippen LogP contribution in [-0.4, -0.2) is 25.0 Å². The summed E-state index contributed by atoms with van der Waals surface area (Å²) in [5.74, 6) is 1.18. The van der Waals surface area contributed by atoms with E-state index in [0.717, 1.165) is 50.5 Å². The van der Waals surface area contributed by atoms with Crippen LogP contribution in [0.5, 0.6) is 11.5 Å². The third kappa shape index (κ3) is 9.13. The number of hydrogen-bond donors (Lipinski definition) is 2. The zero-order chi connectivity index (χ0) is 22.6. The summed E-state index contributed by atoms with van der Waals surface area (Å²) in [5, 5.41) is 2.94. The average Bonchev–Trinajstić information content (AvgIpc) is 2.75. The lowest BCUT2D eigenvalue weighted by Crippen LogP contribution is -2.31. The SMILES string of the molecule is COc1cc(CNC(=O)CCCC/C=C/C(C)C)ccc1OC(=O)[C@H]1CC[C@H](N)CC1. The van der Waals surface area contributed by atoms with Crippen LogP contribution in [0.25, 0.3) is 0 Å². The third-order valence-corrected chi connectivity index (χ3v) is 5.58. The van der Waals surface area contributed by atoms with Gasteiger partial charge in [-0.15, -0.1) is 0 Å². The Balaban J connectivity index is 1.77. The van der Waals surface area contributed by atoms with Crippen molar-refractivity contribution in [1.29, 1.82) is 0 Å². The third-order valence-electron chi connectivity index (χ3n) is 5.58. The van der Waals surface area contributed by atoms with E-state index in [-0.39, 0.29) is 23.8 Å². The first-order valence-corrected chi connectivity index (χ1v) is 11.5. The van der Waals surface area contributed by atoms with Crippen LogP contribution in [0.1, 0.15) is 70.8 Å². The molecule has 0 aromatic heterocycles. The number of benzene rings is 1. The molecule has 2 rings (SSSR count). The molecule has 0 unspecified atom stereocenters. The molecule has 0 radical (unpaired) electrons. The van der Waals surface area contributed by atoms with E-state index in [4.69, 9.17) is 15.2 Å². The Hall–Kier alpha value is -2.34. The average molecular weight is 431 g/mol. The number of esters is 1. The van der Waals surface area contributed by atoms with Crippen LogP contribution < -0.4 is 20.5 Å². The molecule has 0 aliphatic heterocycles. The summed E-state index contributed by atoms with van der Waals surface area (Å²) in [6.07, 6.45) is 11.0. The van der Waals surface area contributed by atoms with Gasteiger partial charge in [0.1, 0.15) is 0 Å². The summed E-state index contributed by atoms with van der Waals surface area (Å²) in [5.41, 5.74) is 6.81. The molecule has 172 valence electrons. The van der Waals surface area contributed by atoms with E-state index in [0.29, 0.717) is 30.4 Å². The number of allylic oxidation sites excluding steroid dienone is 2. The number of nitrogens with two attached hydrogens (primary N) is 1. The molecular formula is C25H38N2O4. The Morgan fingerprint density at radius 2 is 1.90 bits per heavy atom. The smallest absolute Gasteiger partial charge is 0.314 e. The van der Waals surface area contributed by atoms with E-state index in [1.165, 1.54) is 0 Å². The topological polar surface area (TPSA) is 90.6 Å². The van der Waals surface area contributed by atoms with Crippen molar-refractivity contribution in [3.05, 3.63) is 35.9 Å². The summed E-state index contributed by atoms with van der Waals surface area (Å²) in [7, 11) is 1.54. The van der Waals surface area contributed by atoms with E-state index in [1.807, 2.05) is 6.07 Å². The number of unbranched alkanes of at least 4 members (excludes halogenated alkanes) is 2. The Labute approximate surface area is 186 Å². The molecule has 31 heavy (non-hydrogen) atoms. The highest BCUT2D eigenvalue weighted by Gasteiger charge is 2.27. The number of amides is 1. The van der Waals surface area contributed by atoms with Crippen LogP contribution >= 0.6 is 0 Å². The standard InChI is InChI=1S/C25H38N2O4/c1-18(2)8-6-4-5-7-9-24(28)27-17-19-10-15-22(23(16-19)30-3)31-25(29)20-11-13-21(26)14-12-20/h6,8,10,15-16,18,20-21H,4-5,7,9,11-14,17,26H2,1-3H3,(H,27,28)/b8-6+/t20-,21-. The molecule has 1 fully saturated rings. The quantitative estimate of drug-likeness (QED) is 0.233. The van der Waals surface area contributed by atoms with Crippen LogP contribution in [0.3, 0.4) is 0 Å². The van der Waals surface area contributed by atoms with Gasteiger partial charge in [-0.25, -0.2) is 0 Å². The van der Waals surface area contributed by atoms with Crippen molar-refractivity contribution < 1.29 is 19.1 Å². The predicted octanol–water partition coefficient (Wildman–Crippen LogP) is 4.51. The van der Waals surface area contributed by atoms with Crippen LogP contribution in [0.4, 0.5) is 0 Å². The fourth-order valence-corrected chi connectivity index (χ4v) is 3.66. The maximum absolute atomic E-state index is 12.5. The normalized spacial score (nSPS) is 18.9. The summed E-state index contributed by atoms with van der Waals surface area (Å²) in [6, 6.07) is 5.57. The monoisotopic (exact) mass is 430 g/mol. The number of hydrogen-bond acceptors (Lipinski definition) is 5. The molecule has 1 aliphatic carbocycles. The van der Waals surface area contributed by atoms with E-state index in [9.17, 15) is 9.59 Å². The fourth-order valence-electron chi connectivity index (χ4n) is 3.66. The Morgan fingerprint density at radius 3 is 2.58 bits per heavy atom. The maximum Gasteiger partial charge on any atom is 0.314 e. The minimum atomic E-state index is -0.227. The van der Waals surface area contributed by atoms with Gasteiger partial charge >= 0.3 is 5.97 Å². The highest BCUT2D eigenvalue weighted by molar-refractivity contribution is 5.76. The molecule has 1 aromatic carbocycles. The predicted molar refractivity (Wildman–Crippen MR) is 123 cm³/mol. The first-order chi connectivity index (χ1) is 14.9. The Morgan fingerprint density at radius 1 is 1.16 bits per heavy atom. The summed E-state index contributed by atoms with van der Waals surface area (Å²) in [4.78, 5) is 24.5. The van der Waals surface area contributed by atoms with Crippen LogP contribution in [0.2, 0.25) is 0 Å².